The molecule has 0 spiro atoms. The molecule has 4 nitrogen and oxygen atoms in total. The highest BCUT2D eigenvalue weighted by Gasteiger charge is 2.24. The first-order valence-electron chi connectivity index (χ1n) is 5.98. The summed E-state index contributed by atoms with van der Waals surface area (Å²) in [5, 5.41) is 7.07. The molecule has 2 N–H and O–H groups in total. The van der Waals surface area contributed by atoms with E-state index in [-0.39, 0.29) is 12.1 Å². The zero-order valence-electron chi connectivity index (χ0n) is 10.6. The maximum atomic E-state index is 5.59. The third-order valence-electron chi connectivity index (χ3n) is 2.80. The zero-order chi connectivity index (χ0) is 13.0. The third-order valence-corrected chi connectivity index (χ3v) is 3.04. The second-order valence-electron chi connectivity index (χ2n) is 4.38. The van der Waals surface area contributed by atoms with Crippen LogP contribution in [0.1, 0.15) is 18.5 Å². The minimum atomic E-state index is 0.121. The van der Waals surface area contributed by atoms with Gasteiger partial charge in [0.25, 0.3) is 0 Å². The molecule has 1 aliphatic rings. The van der Waals surface area contributed by atoms with E-state index >= 15 is 0 Å². The lowest BCUT2D eigenvalue weighted by molar-refractivity contribution is 0.179. The Morgan fingerprint density at radius 1 is 1.56 bits per heavy atom. The fourth-order valence-electron chi connectivity index (χ4n) is 2.00. The number of hydrogen-bond acceptors (Lipinski definition) is 3. The minimum absolute atomic E-state index is 0.121. The van der Waals surface area contributed by atoms with Crippen LogP contribution in [0.2, 0.25) is 0 Å². The van der Waals surface area contributed by atoms with Gasteiger partial charge in [0.2, 0.25) is 0 Å². The average molecular weight is 266 g/mol. The van der Waals surface area contributed by atoms with Gasteiger partial charge in [0.15, 0.2) is 5.11 Å². The van der Waals surface area contributed by atoms with Crippen molar-refractivity contribution >= 4 is 17.3 Å². The van der Waals surface area contributed by atoms with Crippen molar-refractivity contribution in [1.82, 2.24) is 10.6 Å². The first kappa shape index (κ1) is 13.1. The van der Waals surface area contributed by atoms with Crippen LogP contribution < -0.4 is 15.4 Å². The maximum absolute atomic E-state index is 5.59. The quantitative estimate of drug-likeness (QED) is 0.811. The molecule has 2 unspecified atom stereocenters. The van der Waals surface area contributed by atoms with Gasteiger partial charge in [-0.2, -0.15) is 0 Å². The summed E-state index contributed by atoms with van der Waals surface area (Å²) in [7, 11) is 1.68. The van der Waals surface area contributed by atoms with Gasteiger partial charge in [-0.3, -0.25) is 0 Å². The van der Waals surface area contributed by atoms with E-state index in [1.807, 2.05) is 25.1 Å². The number of nitrogens with one attached hydrogen (secondary N) is 2. The Balaban J connectivity index is 1.89. The molecule has 98 valence electrons. The predicted molar refractivity (Wildman–Crippen MR) is 74.9 cm³/mol. The molecule has 1 aromatic carbocycles. The molecule has 18 heavy (non-hydrogen) atoms. The molecule has 0 bridgehead atoms. The largest absolute Gasteiger partial charge is 0.491 e. The van der Waals surface area contributed by atoms with Gasteiger partial charge in [-0.15, -0.1) is 0 Å². The molecule has 0 fully saturated rings. The second-order valence-corrected chi connectivity index (χ2v) is 4.78. The Kier molecular flexibility index (Phi) is 4.38. The molecule has 1 heterocycles. The minimum Gasteiger partial charge on any atom is -0.491 e. The van der Waals surface area contributed by atoms with Gasteiger partial charge < -0.3 is 20.1 Å². The zero-order valence-corrected chi connectivity index (χ0v) is 11.4. The van der Waals surface area contributed by atoms with Crippen LogP contribution in [0.15, 0.2) is 24.3 Å². The fraction of sp³-hybridized carbons (Fsp3) is 0.462. The number of rotatable bonds is 4. The number of ether oxygens (including phenoxy) is 2. The van der Waals surface area contributed by atoms with Crippen molar-refractivity contribution in [3.63, 3.8) is 0 Å². The molecule has 2 rings (SSSR count). The summed E-state index contributed by atoms with van der Waals surface area (Å²) in [4.78, 5) is 0. The molecule has 2 atom stereocenters. The summed E-state index contributed by atoms with van der Waals surface area (Å²) in [5.41, 5.74) is 1.15. The molecule has 1 aliphatic heterocycles. The predicted octanol–water partition coefficient (Wildman–Crippen LogP) is 1.62. The lowest BCUT2D eigenvalue weighted by atomic mass is 10.1. The van der Waals surface area contributed by atoms with Crippen LogP contribution in [0, 0.1) is 0 Å². The topological polar surface area (TPSA) is 42.5 Å². The highest BCUT2D eigenvalue weighted by molar-refractivity contribution is 7.80. The lowest BCUT2D eigenvalue weighted by Gasteiger charge is -2.19. The standard InChI is InChI=1S/C13H18N2O2S/c1-9(7-16-2)14-13(18)15-11-8-17-12-6-4-3-5-10(11)12/h3-6,9,11H,7-8H2,1-2H3,(H2,14,15,18). The van der Waals surface area contributed by atoms with Crippen molar-refractivity contribution in [3.05, 3.63) is 29.8 Å². The second kappa shape index (κ2) is 6.02. The number of benzene rings is 1. The Morgan fingerprint density at radius 2 is 2.33 bits per heavy atom. The number of hydrogen-bond donors (Lipinski definition) is 2. The summed E-state index contributed by atoms with van der Waals surface area (Å²) in [6.07, 6.45) is 0. The van der Waals surface area contributed by atoms with E-state index in [1.54, 1.807) is 7.11 Å². The van der Waals surface area contributed by atoms with Crippen LogP contribution in [0.25, 0.3) is 0 Å². The van der Waals surface area contributed by atoms with Crippen molar-refractivity contribution < 1.29 is 9.47 Å². The van der Waals surface area contributed by atoms with Crippen molar-refractivity contribution in [2.45, 2.75) is 19.0 Å². The van der Waals surface area contributed by atoms with Gasteiger partial charge in [-0.05, 0) is 25.2 Å². The average Bonchev–Trinajstić information content (AvgIpc) is 2.73. The molecule has 0 saturated heterocycles. The maximum Gasteiger partial charge on any atom is 0.167 e. The van der Waals surface area contributed by atoms with Crippen molar-refractivity contribution in [2.24, 2.45) is 0 Å². The van der Waals surface area contributed by atoms with Crippen LogP contribution in [-0.2, 0) is 4.74 Å². The van der Waals surface area contributed by atoms with Gasteiger partial charge in [0.1, 0.15) is 12.4 Å². The molecular formula is C13H18N2O2S. The van der Waals surface area contributed by atoms with Gasteiger partial charge in [0, 0.05) is 18.7 Å². The van der Waals surface area contributed by atoms with E-state index in [4.69, 9.17) is 21.7 Å². The van der Waals surface area contributed by atoms with Crippen LogP contribution >= 0.6 is 12.2 Å². The molecular weight excluding hydrogens is 248 g/mol. The van der Waals surface area contributed by atoms with E-state index in [0.29, 0.717) is 18.3 Å². The van der Waals surface area contributed by atoms with E-state index in [1.165, 1.54) is 0 Å². The first-order chi connectivity index (χ1) is 8.70. The molecule has 0 radical (unpaired) electrons. The Hall–Kier alpha value is -1.33. The molecule has 0 aliphatic carbocycles. The van der Waals surface area contributed by atoms with E-state index in [2.05, 4.69) is 16.7 Å². The highest BCUT2D eigenvalue weighted by atomic mass is 32.1. The van der Waals surface area contributed by atoms with Crippen LogP contribution in [0.5, 0.6) is 5.75 Å². The van der Waals surface area contributed by atoms with Gasteiger partial charge >= 0.3 is 0 Å². The van der Waals surface area contributed by atoms with Crippen molar-refractivity contribution in [2.75, 3.05) is 20.3 Å². The Labute approximate surface area is 113 Å². The molecule has 0 saturated carbocycles. The van der Waals surface area contributed by atoms with Crippen molar-refractivity contribution in [1.29, 1.82) is 0 Å². The SMILES string of the molecule is COCC(C)NC(=S)NC1COc2ccccc21. The monoisotopic (exact) mass is 266 g/mol. The van der Waals surface area contributed by atoms with E-state index < -0.39 is 0 Å². The smallest absolute Gasteiger partial charge is 0.167 e. The van der Waals surface area contributed by atoms with Gasteiger partial charge in [-0.1, -0.05) is 18.2 Å². The first-order valence-corrected chi connectivity index (χ1v) is 6.39. The molecule has 1 aromatic rings. The Morgan fingerprint density at radius 3 is 3.11 bits per heavy atom. The summed E-state index contributed by atoms with van der Waals surface area (Å²) in [5.74, 6) is 0.933. The summed E-state index contributed by atoms with van der Waals surface area (Å²) < 4.78 is 10.6. The number of fused-ring (bicyclic) bond motifs is 1. The Bertz CT molecular complexity index is 425. The summed E-state index contributed by atoms with van der Waals surface area (Å²) in [6.45, 7) is 3.26. The number of para-hydroxylation sites is 1. The van der Waals surface area contributed by atoms with Gasteiger partial charge in [0.05, 0.1) is 12.6 Å². The molecule has 0 amide bonds. The third kappa shape index (κ3) is 3.11. The number of methoxy groups -OCH3 is 1. The van der Waals surface area contributed by atoms with Gasteiger partial charge in [-0.25, -0.2) is 0 Å². The molecule has 0 aromatic heterocycles. The lowest BCUT2D eigenvalue weighted by Crippen LogP contribution is -2.44. The van der Waals surface area contributed by atoms with Crippen LogP contribution in [0.3, 0.4) is 0 Å². The number of thiocarbonyl (C=S) groups is 1. The highest BCUT2D eigenvalue weighted by Crippen LogP contribution is 2.31. The normalized spacial score (nSPS) is 18.7. The van der Waals surface area contributed by atoms with E-state index in [0.717, 1.165) is 11.3 Å². The van der Waals surface area contributed by atoms with E-state index in [9.17, 15) is 0 Å². The summed E-state index contributed by atoms with van der Waals surface area (Å²) in [6, 6.07) is 8.32. The molecule has 5 heteroatoms. The van der Waals surface area contributed by atoms with Crippen molar-refractivity contribution in [3.8, 4) is 5.75 Å². The van der Waals surface area contributed by atoms with Crippen LogP contribution in [-0.4, -0.2) is 31.5 Å². The summed E-state index contributed by atoms with van der Waals surface area (Å²) >= 11 is 5.28. The van der Waals surface area contributed by atoms with Crippen LogP contribution in [0.4, 0.5) is 0 Å². The fourth-order valence-corrected chi connectivity index (χ4v) is 2.34.